The summed E-state index contributed by atoms with van der Waals surface area (Å²) in [5.41, 5.74) is 0.383. The molecule has 0 bridgehead atoms. The molecular formula is C11H11BrClNO3. The fraction of sp³-hybridized carbons (Fsp3) is 0.273. The van der Waals surface area contributed by atoms with Crippen LogP contribution in [0.15, 0.2) is 22.7 Å². The maximum atomic E-state index is 11.7. The van der Waals surface area contributed by atoms with Gasteiger partial charge in [0.15, 0.2) is 0 Å². The van der Waals surface area contributed by atoms with Crippen LogP contribution in [0.1, 0.15) is 17.3 Å². The monoisotopic (exact) mass is 319 g/mol. The lowest BCUT2D eigenvalue weighted by Crippen LogP contribution is -2.30. The first-order chi connectivity index (χ1) is 8.02. The summed E-state index contributed by atoms with van der Waals surface area (Å²) in [5.74, 6) is -0.844. The first-order valence-electron chi connectivity index (χ1n) is 4.93. The molecule has 0 heterocycles. The molecule has 1 aromatic rings. The van der Waals surface area contributed by atoms with Crippen LogP contribution in [0.2, 0.25) is 5.02 Å². The van der Waals surface area contributed by atoms with E-state index in [4.69, 9.17) is 11.6 Å². The van der Waals surface area contributed by atoms with E-state index >= 15 is 0 Å². The highest BCUT2D eigenvalue weighted by molar-refractivity contribution is 9.10. The van der Waals surface area contributed by atoms with Gasteiger partial charge in [-0.25, -0.2) is 0 Å². The summed E-state index contributed by atoms with van der Waals surface area (Å²) < 4.78 is 5.39. The standard InChI is InChI=1S/C11H11BrClNO3/c1-2-17-10(15)6-14-11(16)7-3-8(12)5-9(13)4-7/h3-5H,2,6H2,1H3,(H,14,16). The lowest BCUT2D eigenvalue weighted by atomic mass is 10.2. The predicted octanol–water partition coefficient (Wildman–Crippen LogP) is 2.40. The van der Waals surface area contributed by atoms with Gasteiger partial charge >= 0.3 is 5.97 Å². The third kappa shape index (κ3) is 4.75. The molecular weight excluding hydrogens is 309 g/mol. The van der Waals surface area contributed by atoms with E-state index in [1.54, 1.807) is 19.1 Å². The quantitative estimate of drug-likeness (QED) is 0.867. The molecule has 0 radical (unpaired) electrons. The van der Waals surface area contributed by atoms with Gasteiger partial charge in [0.25, 0.3) is 5.91 Å². The van der Waals surface area contributed by atoms with E-state index in [2.05, 4.69) is 26.0 Å². The Kier molecular flexibility index (Phi) is 5.44. The molecule has 6 heteroatoms. The molecule has 0 aliphatic carbocycles. The summed E-state index contributed by atoms with van der Waals surface area (Å²) in [6.07, 6.45) is 0. The molecule has 0 unspecified atom stereocenters. The fourth-order valence-electron chi connectivity index (χ4n) is 1.15. The third-order valence-corrected chi connectivity index (χ3v) is 2.50. The second kappa shape index (κ2) is 6.61. The minimum atomic E-state index is -0.470. The number of halogens is 2. The van der Waals surface area contributed by atoms with Crippen molar-refractivity contribution in [3.8, 4) is 0 Å². The molecule has 0 fully saturated rings. The zero-order valence-electron chi connectivity index (χ0n) is 9.13. The molecule has 1 amide bonds. The van der Waals surface area contributed by atoms with E-state index in [1.165, 1.54) is 6.07 Å². The molecule has 0 spiro atoms. The van der Waals surface area contributed by atoms with Gasteiger partial charge in [0.1, 0.15) is 6.54 Å². The molecule has 1 rings (SSSR count). The average molecular weight is 321 g/mol. The number of carbonyl (C=O) groups excluding carboxylic acids is 2. The number of benzene rings is 1. The molecule has 4 nitrogen and oxygen atoms in total. The molecule has 0 saturated carbocycles. The Morgan fingerprint density at radius 1 is 1.41 bits per heavy atom. The number of rotatable bonds is 4. The number of amides is 1. The van der Waals surface area contributed by atoms with Crippen molar-refractivity contribution in [1.82, 2.24) is 5.32 Å². The van der Waals surface area contributed by atoms with Gasteiger partial charge in [0, 0.05) is 15.1 Å². The predicted molar refractivity (Wildman–Crippen MR) is 68.1 cm³/mol. The van der Waals surface area contributed by atoms with Gasteiger partial charge in [-0.05, 0) is 25.1 Å². The normalized spacial score (nSPS) is 9.82. The van der Waals surface area contributed by atoms with E-state index in [9.17, 15) is 9.59 Å². The Hall–Kier alpha value is -1.07. The number of nitrogens with one attached hydrogen (secondary N) is 1. The van der Waals surface area contributed by atoms with E-state index in [1.807, 2.05) is 0 Å². The Balaban J connectivity index is 2.61. The first kappa shape index (κ1) is 14.0. The van der Waals surface area contributed by atoms with Gasteiger partial charge in [0.2, 0.25) is 0 Å². The van der Waals surface area contributed by atoms with Gasteiger partial charge in [0.05, 0.1) is 6.61 Å². The van der Waals surface area contributed by atoms with Gasteiger partial charge in [-0.15, -0.1) is 0 Å². The highest BCUT2D eigenvalue weighted by atomic mass is 79.9. The zero-order valence-corrected chi connectivity index (χ0v) is 11.5. The minimum absolute atomic E-state index is 0.156. The largest absolute Gasteiger partial charge is 0.465 e. The number of ether oxygens (including phenoxy) is 1. The highest BCUT2D eigenvalue weighted by Gasteiger charge is 2.09. The van der Waals surface area contributed by atoms with Crippen molar-refractivity contribution >= 4 is 39.4 Å². The first-order valence-corrected chi connectivity index (χ1v) is 6.10. The maximum absolute atomic E-state index is 11.7. The zero-order chi connectivity index (χ0) is 12.8. The number of carbonyl (C=O) groups is 2. The van der Waals surface area contributed by atoms with Crippen molar-refractivity contribution in [2.45, 2.75) is 6.92 Å². The van der Waals surface area contributed by atoms with Crippen LogP contribution in [0.25, 0.3) is 0 Å². The molecule has 0 aliphatic rings. The molecule has 1 N–H and O–H groups in total. The van der Waals surface area contributed by atoms with Crippen molar-refractivity contribution < 1.29 is 14.3 Å². The topological polar surface area (TPSA) is 55.4 Å². The van der Waals surface area contributed by atoms with E-state index in [-0.39, 0.29) is 19.1 Å². The molecule has 0 saturated heterocycles. The summed E-state index contributed by atoms with van der Waals surface area (Å²) in [7, 11) is 0. The molecule has 1 aromatic carbocycles. The van der Waals surface area contributed by atoms with Crippen molar-refractivity contribution in [3.63, 3.8) is 0 Å². The maximum Gasteiger partial charge on any atom is 0.325 e. The van der Waals surface area contributed by atoms with Gasteiger partial charge in [-0.3, -0.25) is 9.59 Å². The highest BCUT2D eigenvalue weighted by Crippen LogP contribution is 2.19. The Morgan fingerprint density at radius 2 is 2.12 bits per heavy atom. The minimum Gasteiger partial charge on any atom is -0.465 e. The van der Waals surface area contributed by atoms with Gasteiger partial charge < -0.3 is 10.1 Å². The second-order valence-corrected chi connectivity index (χ2v) is 4.50. The van der Waals surface area contributed by atoms with E-state index in [0.29, 0.717) is 15.1 Å². The van der Waals surface area contributed by atoms with Gasteiger partial charge in [-0.2, -0.15) is 0 Å². The van der Waals surface area contributed by atoms with Crippen molar-refractivity contribution in [3.05, 3.63) is 33.3 Å². The van der Waals surface area contributed by atoms with Crippen molar-refractivity contribution in [2.75, 3.05) is 13.2 Å². The van der Waals surface area contributed by atoms with Crippen LogP contribution < -0.4 is 5.32 Å². The summed E-state index contributed by atoms with van der Waals surface area (Å²) in [4.78, 5) is 22.7. The molecule has 17 heavy (non-hydrogen) atoms. The lowest BCUT2D eigenvalue weighted by Gasteiger charge is -2.05. The van der Waals surface area contributed by atoms with Crippen LogP contribution in [0.4, 0.5) is 0 Å². The third-order valence-electron chi connectivity index (χ3n) is 1.82. The summed E-state index contributed by atoms with van der Waals surface area (Å²) in [5, 5.41) is 2.89. The van der Waals surface area contributed by atoms with Crippen LogP contribution in [-0.4, -0.2) is 25.0 Å². The lowest BCUT2D eigenvalue weighted by molar-refractivity contribution is -0.141. The smallest absolute Gasteiger partial charge is 0.325 e. The second-order valence-electron chi connectivity index (χ2n) is 3.15. The molecule has 0 aromatic heterocycles. The van der Waals surface area contributed by atoms with Crippen molar-refractivity contribution in [1.29, 1.82) is 0 Å². The summed E-state index contributed by atoms with van der Waals surface area (Å²) in [6.45, 7) is 1.84. The van der Waals surface area contributed by atoms with E-state index in [0.717, 1.165) is 0 Å². The molecule has 92 valence electrons. The summed E-state index contributed by atoms with van der Waals surface area (Å²) in [6, 6.07) is 4.81. The van der Waals surface area contributed by atoms with Gasteiger partial charge in [-0.1, -0.05) is 27.5 Å². The van der Waals surface area contributed by atoms with Crippen LogP contribution >= 0.6 is 27.5 Å². The number of esters is 1. The number of hydrogen-bond acceptors (Lipinski definition) is 3. The van der Waals surface area contributed by atoms with E-state index < -0.39 is 5.97 Å². The van der Waals surface area contributed by atoms with Crippen LogP contribution in [0.3, 0.4) is 0 Å². The molecule has 0 aliphatic heterocycles. The Labute approximate surface area is 112 Å². The van der Waals surface area contributed by atoms with Crippen LogP contribution in [0, 0.1) is 0 Å². The Morgan fingerprint density at radius 3 is 2.71 bits per heavy atom. The average Bonchev–Trinajstić information content (AvgIpc) is 2.25. The Bertz CT molecular complexity index is 416. The SMILES string of the molecule is CCOC(=O)CNC(=O)c1cc(Cl)cc(Br)c1. The summed E-state index contributed by atoms with van der Waals surface area (Å²) >= 11 is 9.04. The molecule has 0 atom stereocenters. The van der Waals surface area contributed by atoms with Crippen LogP contribution in [0.5, 0.6) is 0 Å². The fourth-order valence-corrected chi connectivity index (χ4v) is 2.01. The number of hydrogen-bond donors (Lipinski definition) is 1. The van der Waals surface area contributed by atoms with Crippen molar-refractivity contribution in [2.24, 2.45) is 0 Å². The van der Waals surface area contributed by atoms with Crippen LogP contribution in [-0.2, 0) is 9.53 Å².